The van der Waals surface area contributed by atoms with Gasteiger partial charge in [-0.3, -0.25) is 0 Å². The third kappa shape index (κ3) is 2.59. The first-order chi connectivity index (χ1) is 12.8. The number of hydrogen-bond donors (Lipinski definition) is 1. The monoisotopic (exact) mass is 345 g/mol. The van der Waals surface area contributed by atoms with Crippen LogP contribution in [0.5, 0.6) is 0 Å². The highest BCUT2D eigenvalue weighted by molar-refractivity contribution is 5.76. The molecule has 0 bridgehead atoms. The highest BCUT2D eigenvalue weighted by atomic mass is 16.3. The van der Waals surface area contributed by atoms with Crippen molar-refractivity contribution in [2.24, 2.45) is 5.73 Å². The summed E-state index contributed by atoms with van der Waals surface area (Å²) >= 11 is 0. The molecule has 4 aromatic rings. The molecule has 6 heteroatoms. The second-order valence-electron chi connectivity index (χ2n) is 6.85. The molecule has 130 valence electrons. The topological polar surface area (TPSA) is 82.8 Å². The molecule has 1 aliphatic rings. The van der Waals surface area contributed by atoms with Crippen LogP contribution in [0.15, 0.2) is 59.1 Å². The highest BCUT2D eigenvalue weighted by Crippen LogP contribution is 2.33. The van der Waals surface area contributed by atoms with E-state index in [0.29, 0.717) is 11.9 Å². The number of para-hydroxylation sites is 2. The lowest BCUT2D eigenvalue weighted by Crippen LogP contribution is -2.16. The maximum atomic E-state index is 6.06. The molecule has 0 aliphatic heterocycles. The Bertz CT molecular complexity index is 1020. The van der Waals surface area contributed by atoms with Gasteiger partial charge >= 0.3 is 0 Å². The van der Waals surface area contributed by atoms with Gasteiger partial charge in [0.05, 0.1) is 17.9 Å². The number of hydrogen-bond acceptors (Lipinski definition) is 5. The molecule has 2 aromatic heterocycles. The van der Waals surface area contributed by atoms with Gasteiger partial charge in [-0.1, -0.05) is 29.5 Å². The molecule has 5 rings (SSSR count). The second-order valence-corrected chi connectivity index (χ2v) is 6.85. The Morgan fingerprint density at radius 3 is 2.58 bits per heavy atom. The zero-order valence-corrected chi connectivity index (χ0v) is 14.2. The van der Waals surface area contributed by atoms with Crippen molar-refractivity contribution in [1.82, 2.24) is 20.0 Å². The number of rotatable bonds is 3. The van der Waals surface area contributed by atoms with Gasteiger partial charge in [0.2, 0.25) is 5.89 Å². The van der Waals surface area contributed by atoms with Crippen LogP contribution in [0.1, 0.15) is 25.3 Å². The van der Waals surface area contributed by atoms with E-state index in [-0.39, 0.29) is 6.04 Å². The second kappa shape index (κ2) is 6.07. The van der Waals surface area contributed by atoms with Crippen LogP contribution in [0.3, 0.4) is 0 Å². The van der Waals surface area contributed by atoms with Crippen molar-refractivity contribution < 1.29 is 4.42 Å². The van der Waals surface area contributed by atoms with Crippen molar-refractivity contribution in [1.29, 1.82) is 0 Å². The van der Waals surface area contributed by atoms with Gasteiger partial charge in [-0.2, -0.15) is 0 Å². The fourth-order valence-corrected chi connectivity index (χ4v) is 3.71. The van der Waals surface area contributed by atoms with E-state index in [0.717, 1.165) is 47.2 Å². The van der Waals surface area contributed by atoms with Crippen LogP contribution >= 0.6 is 0 Å². The third-order valence-corrected chi connectivity index (χ3v) is 5.09. The largest absolute Gasteiger partial charge is 0.436 e. The molecule has 2 atom stereocenters. The highest BCUT2D eigenvalue weighted by Gasteiger charge is 2.26. The van der Waals surface area contributed by atoms with Crippen molar-refractivity contribution >= 4 is 11.1 Å². The number of nitrogens with zero attached hydrogens (tertiary/aromatic N) is 4. The van der Waals surface area contributed by atoms with E-state index >= 15 is 0 Å². The summed E-state index contributed by atoms with van der Waals surface area (Å²) in [5.41, 5.74) is 10.8. The summed E-state index contributed by atoms with van der Waals surface area (Å²) in [4.78, 5) is 4.55. The molecule has 1 saturated carbocycles. The first-order valence-corrected chi connectivity index (χ1v) is 8.90. The summed E-state index contributed by atoms with van der Waals surface area (Å²) in [6.45, 7) is 0. The molecular weight excluding hydrogens is 326 g/mol. The fraction of sp³-hybridized carbons (Fsp3) is 0.250. The standard InChI is InChI=1S/C20H19N5O/c21-15-9-10-16(11-15)25-18(12-22-24-25)13-5-7-14(8-6-13)20-23-17-3-1-2-4-19(17)26-20/h1-8,12,15-16H,9-11,21H2/t15-,16+/m0/s1. The lowest BCUT2D eigenvalue weighted by molar-refractivity contribution is 0.452. The van der Waals surface area contributed by atoms with Crippen LogP contribution in [0.25, 0.3) is 33.8 Å². The van der Waals surface area contributed by atoms with Gasteiger partial charge in [0, 0.05) is 17.2 Å². The van der Waals surface area contributed by atoms with E-state index in [1.54, 1.807) is 0 Å². The molecule has 1 aliphatic carbocycles. The molecule has 2 heterocycles. The third-order valence-electron chi connectivity index (χ3n) is 5.09. The van der Waals surface area contributed by atoms with E-state index in [4.69, 9.17) is 10.2 Å². The SMILES string of the molecule is N[C@H]1CC[C@@H](n2nncc2-c2ccc(-c3nc4ccccc4o3)cc2)C1. The summed E-state index contributed by atoms with van der Waals surface area (Å²) < 4.78 is 7.86. The van der Waals surface area contributed by atoms with E-state index in [1.165, 1.54) is 0 Å². The molecular formula is C20H19N5O. The van der Waals surface area contributed by atoms with Gasteiger partial charge in [-0.15, -0.1) is 5.10 Å². The fourth-order valence-electron chi connectivity index (χ4n) is 3.71. The summed E-state index contributed by atoms with van der Waals surface area (Å²) in [5.74, 6) is 0.631. The van der Waals surface area contributed by atoms with Gasteiger partial charge in [0.15, 0.2) is 5.58 Å². The molecule has 1 fully saturated rings. The van der Waals surface area contributed by atoms with Crippen molar-refractivity contribution in [2.45, 2.75) is 31.3 Å². The quantitative estimate of drug-likeness (QED) is 0.610. The lowest BCUT2D eigenvalue weighted by Gasteiger charge is -2.13. The van der Waals surface area contributed by atoms with Gasteiger partial charge in [-0.25, -0.2) is 9.67 Å². The smallest absolute Gasteiger partial charge is 0.227 e. The van der Waals surface area contributed by atoms with Gasteiger partial charge in [0.1, 0.15) is 5.52 Å². The molecule has 2 aromatic carbocycles. The first-order valence-electron chi connectivity index (χ1n) is 8.90. The van der Waals surface area contributed by atoms with Crippen LogP contribution in [0, 0.1) is 0 Å². The molecule has 26 heavy (non-hydrogen) atoms. The first kappa shape index (κ1) is 15.3. The Labute approximate surface area is 150 Å². The van der Waals surface area contributed by atoms with Crippen LogP contribution in [-0.4, -0.2) is 26.0 Å². The van der Waals surface area contributed by atoms with Crippen LogP contribution in [0.2, 0.25) is 0 Å². The van der Waals surface area contributed by atoms with E-state index in [9.17, 15) is 0 Å². The molecule has 0 amide bonds. The number of oxazole rings is 1. The van der Waals surface area contributed by atoms with Crippen molar-refractivity contribution in [3.05, 3.63) is 54.7 Å². The van der Waals surface area contributed by atoms with Crippen molar-refractivity contribution in [2.75, 3.05) is 0 Å². The Morgan fingerprint density at radius 2 is 1.81 bits per heavy atom. The maximum Gasteiger partial charge on any atom is 0.227 e. The van der Waals surface area contributed by atoms with E-state index < -0.39 is 0 Å². The number of nitrogens with two attached hydrogens (primary N) is 1. The molecule has 0 spiro atoms. The van der Waals surface area contributed by atoms with Crippen molar-refractivity contribution in [3.8, 4) is 22.7 Å². The van der Waals surface area contributed by atoms with Crippen molar-refractivity contribution in [3.63, 3.8) is 0 Å². The van der Waals surface area contributed by atoms with Gasteiger partial charge < -0.3 is 10.2 Å². The predicted octanol–water partition coefficient (Wildman–Crippen LogP) is 3.81. The average molecular weight is 345 g/mol. The molecule has 0 radical (unpaired) electrons. The minimum atomic E-state index is 0.263. The average Bonchev–Trinajstić information content (AvgIpc) is 3.40. The summed E-state index contributed by atoms with van der Waals surface area (Å²) in [5, 5.41) is 8.42. The zero-order valence-electron chi connectivity index (χ0n) is 14.2. The minimum absolute atomic E-state index is 0.263. The van der Waals surface area contributed by atoms with Crippen LogP contribution in [-0.2, 0) is 0 Å². The van der Waals surface area contributed by atoms with E-state index in [1.807, 2.05) is 47.3 Å². The molecule has 2 N–H and O–H groups in total. The Morgan fingerprint density at radius 1 is 1.00 bits per heavy atom. The zero-order chi connectivity index (χ0) is 17.5. The number of benzene rings is 2. The van der Waals surface area contributed by atoms with Crippen LogP contribution < -0.4 is 5.73 Å². The normalized spacial score (nSPS) is 20.0. The van der Waals surface area contributed by atoms with Gasteiger partial charge in [0.25, 0.3) is 0 Å². The summed E-state index contributed by atoms with van der Waals surface area (Å²) in [7, 11) is 0. The Kier molecular flexibility index (Phi) is 3.57. The Hall–Kier alpha value is -2.99. The summed E-state index contributed by atoms with van der Waals surface area (Å²) in [6.07, 6.45) is 4.87. The molecule has 6 nitrogen and oxygen atoms in total. The predicted molar refractivity (Wildman–Crippen MR) is 99.3 cm³/mol. The lowest BCUT2D eigenvalue weighted by atomic mass is 10.1. The Balaban J connectivity index is 1.46. The molecule has 0 unspecified atom stereocenters. The van der Waals surface area contributed by atoms with Crippen LogP contribution in [0.4, 0.5) is 0 Å². The van der Waals surface area contributed by atoms with E-state index in [2.05, 4.69) is 27.4 Å². The summed E-state index contributed by atoms with van der Waals surface area (Å²) in [6, 6.07) is 16.6. The van der Waals surface area contributed by atoms with Gasteiger partial charge in [-0.05, 0) is 43.5 Å². The minimum Gasteiger partial charge on any atom is -0.436 e. The number of fused-ring (bicyclic) bond motifs is 1. The maximum absolute atomic E-state index is 6.06. The molecule has 0 saturated heterocycles. The number of aromatic nitrogens is 4.